The van der Waals surface area contributed by atoms with Crippen molar-refractivity contribution in [3.63, 3.8) is 0 Å². The zero-order chi connectivity index (χ0) is 38.4. The Balaban J connectivity index is 4.42. The smallest absolute Gasteiger partial charge is 0.462 e. The molecule has 0 aliphatic carbocycles. The molecule has 10 nitrogen and oxygen atoms in total. The van der Waals surface area contributed by atoms with E-state index in [2.05, 4.69) is 44.2 Å². The quantitative estimate of drug-likeness (QED) is 0.0191. The van der Waals surface area contributed by atoms with Gasteiger partial charge in [-0.2, -0.15) is 0 Å². The Kier molecular flexibility index (Phi) is 34.5. The zero-order valence-corrected chi connectivity index (χ0v) is 32.8. The lowest BCUT2D eigenvalue weighted by atomic mass is 10.1. The van der Waals surface area contributed by atoms with Gasteiger partial charge in [0.2, 0.25) is 0 Å². The fourth-order valence-electron chi connectivity index (χ4n) is 4.49. The van der Waals surface area contributed by atoms with Gasteiger partial charge in [0.1, 0.15) is 6.61 Å². The van der Waals surface area contributed by atoms with E-state index in [0.29, 0.717) is 19.3 Å². The first-order valence-corrected chi connectivity index (χ1v) is 20.7. The number of rotatable bonds is 34. The SMILES string of the molecule is CC/C=C\C/C=C\CC(O)/C=C/C=C\C/C=C\C/C=C\CCC(=O)OC[C@H](COP(=O)(O)OCCN)OC(=O)CCCCCCC/C=C\CCCC. The van der Waals surface area contributed by atoms with Crippen LogP contribution < -0.4 is 5.73 Å². The van der Waals surface area contributed by atoms with E-state index in [1.807, 2.05) is 48.6 Å². The first-order valence-electron chi connectivity index (χ1n) is 19.2. The second-order valence-corrected chi connectivity index (χ2v) is 13.7. The van der Waals surface area contributed by atoms with Gasteiger partial charge in [0.05, 0.1) is 19.3 Å². The van der Waals surface area contributed by atoms with Gasteiger partial charge in [0.15, 0.2) is 6.10 Å². The minimum atomic E-state index is -4.40. The van der Waals surface area contributed by atoms with Crippen molar-refractivity contribution >= 4 is 19.8 Å². The van der Waals surface area contributed by atoms with Gasteiger partial charge < -0.3 is 25.2 Å². The number of nitrogens with two attached hydrogens (primary N) is 1. The van der Waals surface area contributed by atoms with Crippen LogP contribution in [0.4, 0.5) is 0 Å². The Morgan fingerprint density at radius 1 is 0.692 bits per heavy atom. The van der Waals surface area contributed by atoms with Gasteiger partial charge >= 0.3 is 19.8 Å². The van der Waals surface area contributed by atoms with Gasteiger partial charge in [-0.25, -0.2) is 4.57 Å². The number of hydrogen-bond acceptors (Lipinski definition) is 9. The molecule has 0 aromatic rings. The molecule has 52 heavy (non-hydrogen) atoms. The van der Waals surface area contributed by atoms with E-state index in [9.17, 15) is 24.2 Å². The molecule has 0 aliphatic rings. The molecule has 0 saturated carbocycles. The van der Waals surface area contributed by atoms with Gasteiger partial charge in [0, 0.05) is 19.4 Å². The molecule has 0 saturated heterocycles. The lowest BCUT2D eigenvalue weighted by Crippen LogP contribution is -2.29. The molecule has 296 valence electrons. The third-order valence-corrected chi connectivity index (χ3v) is 8.34. The number of allylic oxidation sites excluding steroid dienone is 12. The summed E-state index contributed by atoms with van der Waals surface area (Å²) >= 11 is 0. The average molecular weight is 750 g/mol. The van der Waals surface area contributed by atoms with Crippen LogP contribution >= 0.6 is 7.82 Å². The first kappa shape index (κ1) is 49.1. The molecule has 0 bridgehead atoms. The molecule has 0 heterocycles. The van der Waals surface area contributed by atoms with Crippen LogP contribution in [0.2, 0.25) is 0 Å². The highest BCUT2D eigenvalue weighted by molar-refractivity contribution is 7.47. The molecule has 0 spiro atoms. The topological polar surface area (TPSA) is 155 Å². The maximum absolute atomic E-state index is 12.5. The number of aliphatic hydroxyl groups is 1. The Morgan fingerprint density at radius 3 is 2.06 bits per heavy atom. The lowest BCUT2D eigenvalue weighted by molar-refractivity contribution is -0.161. The largest absolute Gasteiger partial charge is 0.472 e. The van der Waals surface area contributed by atoms with Crippen molar-refractivity contribution < 1.29 is 42.7 Å². The third kappa shape index (κ3) is 35.5. The number of unbranched alkanes of at least 4 members (excludes halogenated alkanes) is 7. The fraction of sp³-hybridized carbons (Fsp3) is 0.610. The highest BCUT2D eigenvalue weighted by Gasteiger charge is 2.25. The summed E-state index contributed by atoms with van der Waals surface area (Å²) in [6.07, 6.45) is 40.9. The molecule has 2 unspecified atom stereocenters. The minimum Gasteiger partial charge on any atom is -0.462 e. The molecule has 0 aliphatic heterocycles. The molecular weight excluding hydrogens is 681 g/mol. The Hall–Kier alpha value is -2.85. The average Bonchev–Trinajstić information content (AvgIpc) is 3.12. The van der Waals surface area contributed by atoms with Gasteiger partial charge in [0.25, 0.3) is 0 Å². The zero-order valence-electron chi connectivity index (χ0n) is 31.9. The van der Waals surface area contributed by atoms with Crippen LogP contribution in [0.3, 0.4) is 0 Å². The molecule has 0 fully saturated rings. The molecular formula is C41H68NO9P. The molecule has 3 atom stereocenters. The summed E-state index contributed by atoms with van der Waals surface area (Å²) in [5.41, 5.74) is 5.32. The summed E-state index contributed by atoms with van der Waals surface area (Å²) in [5.74, 6) is -0.980. The van der Waals surface area contributed by atoms with Crippen LogP contribution in [0, 0.1) is 0 Å². The standard InChI is InChI=1S/C41H68NO9P/c1-3-5-7-9-11-12-13-18-21-25-29-33-41(45)51-39(37-50-52(46,47)49-35-34-42)36-48-40(44)32-28-24-20-17-15-14-16-19-23-27-31-38(43)30-26-22-10-8-6-4-2/h6,8-9,11,14-15,19-20,22-24,26-27,31,38-39,43H,3-5,7,10,12-13,16-18,21,25,28-30,32-37,42H2,1-2H3,(H,46,47)/b8-6-,11-9-,15-14-,23-19-,24-20-,26-22-,31-27+/t38?,39-/m1/s1. The predicted molar refractivity (Wildman–Crippen MR) is 211 cm³/mol. The highest BCUT2D eigenvalue weighted by atomic mass is 31.2. The number of carbonyl (C=O) groups is 2. The molecule has 0 rings (SSSR count). The molecule has 4 N–H and O–H groups in total. The van der Waals surface area contributed by atoms with Crippen LogP contribution in [-0.2, 0) is 32.7 Å². The van der Waals surface area contributed by atoms with Crippen LogP contribution in [-0.4, -0.2) is 60.5 Å². The number of aliphatic hydroxyl groups excluding tert-OH is 1. The van der Waals surface area contributed by atoms with Crippen molar-refractivity contribution in [3.8, 4) is 0 Å². The first-order chi connectivity index (χ1) is 25.2. The maximum Gasteiger partial charge on any atom is 0.472 e. The summed E-state index contributed by atoms with van der Waals surface area (Å²) in [5, 5.41) is 9.97. The molecule has 0 aromatic carbocycles. The van der Waals surface area contributed by atoms with Crippen LogP contribution in [0.15, 0.2) is 85.1 Å². The number of hydrogen-bond donors (Lipinski definition) is 3. The summed E-state index contributed by atoms with van der Waals surface area (Å²) < 4.78 is 32.5. The van der Waals surface area contributed by atoms with E-state index in [0.717, 1.165) is 64.2 Å². The van der Waals surface area contributed by atoms with Crippen LogP contribution in [0.1, 0.15) is 123 Å². The van der Waals surface area contributed by atoms with Crippen molar-refractivity contribution in [2.45, 2.75) is 135 Å². The molecule has 11 heteroatoms. The number of carbonyl (C=O) groups excluding carboxylic acids is 2. The Labute approximate surface area is 314 Å². The Bertz CT molecular complexity index is 1140. The molecule has 0 aromatic heterocycles. The van der Waals surface area contributed by atoms with Crippen molar-refractivity contribution in [1.82, 2.24) is 0 Å². The highest BCUT2D eigenvalue weighted by Crippen LogP contribution is 2.43. The van der Waals surface area contributed by atoms with E-state index >= 15 is 0 Å². The third-order valence-electron chi connectivity index (χ3n) is 7.36. The van der Waals surface area contributed by atoms with E-state index < -0.39 is 38.6 Å². The van der Waals surface area contributed by atoms with Crippen molar-refractivity contribution in [2.24, 2.45) is 5.73 Å². The second kappa shape index (κ2) is 36.5. The van der Waals surface area contributed by atoms with Crippen molar-refractivity contribution in [2.75, 3.05) is 26.4 Å². The summed E-state index contributed by atoms with van der Waals surface area (Å²) in [6, 6.07) is 0. The van der Waals surface area contributed by atoms with E-state index in [1.54, 1.807) is 6.08 Å². The summed E-state index contributed by atoms with van der Waals surface area (Å²) in [6.45, 7) is 3.36. The maximum atomic E-state index is 12.5. The van der Waals surface area contributed by atoms with Crippen molar-refractivity contribution in [3.05, 3.63) is 85.1 Å². The lowest BCUT2D eigenvalue weighted by Gasteiger charge is -2.19. The number of esters is 2. The van der Waals surface area contributed by atoms with E-state index in [-0.39, 0.29) is 32.6 Å². The number of phosphoric ester groups is 1. The summed E-state index contributed by atoms with van der Waals surface area (Å²) in [7, 11) is -4.40. The normalized spacial score (nSPS) is 14.9. The van der Waals surface area contributed by atoms with E-state index in [4.69, 9.17) is 24.3 Å². The number of phosphoric acid groups is 1. The summed E-state index contributed by atoms with van der Waals surface area (Å²) in [4.78, 5) is 34.6. The number of ether oxygens (including phenoxy) is 2. The predicted octanol–water partition coefficient (Wildman–Crippen LogP) is 9.46. The van der Waals surface area contributed by atoms with Crippen molar-refractivity contribution in [1.29, 1.82) is 0 Å². The van der Waals surface area contributed by atoms with Crippen LogP contribution in [0.5, 0.6) is 0 Å². The second-order valence-electron chi connectivity index (χ2n) is 12.3. The van der Waals surface area contributed by atoms with Gasteiger partial charge in [-0.1, -0.05) is 131 Å². The Morgan fingerprint density at radius 2 is 1.33 bits per heavy atom. The monoisotopic (exact) mass is 749 g/mol. The van der Waals surface area contributed by atoms with Gasteiger partial charge in [-0.15, -0.1) is 0 Å². The minimum absolute atomic E-state index is 0.0304. The molecule has 0 radical (unpaired) electrons. The van der Waals surface area contributed by atoms with Gasteiger partial charge in [-0.05, 0) is 64.2 Å². The van der Waals surface area contributed by atoms with Crippen LogP contribution in [0.25, 0.3) is 0 Å². The molecule has 0 amide bonds. The van der Waals surface area contributed by atoms with Gasteiger partial charge in [-0.3, -0.25) is 18.6 Å². The van der Waals surface area contributed by atoms with E-state index in [1.165, 1.54) is 12.8 Å². The fourth-order valence-corrected chi connectivity index (χ4v) is 5.25.